The van der Waals surface area contributed by atoms with Crippen LogP contribution in [0, 0.1) is 0 Å². The maximum absolute atomic E-state index is 11.6. The fourth-order valence-corrected chi connectivity index (χ4v) is 2.35. The highest BCUT2D eigenvalue weighted by Gasteiger charge is 2.20. The molecule has 0 fully saturated rings. The summed E-state index contributed by atoms with van der Waals surface area (Å²) in [6, 6.07) is 7.66. The van der Waals surface area contributed by atoms with Gasteiger partial charge in [-0.3, -0.25) is 15.1 Å². The minimum Gasteiger partial charge on any atom is -0.494 e. The van der Waals surface area contributed by atoms with Gasteiger partial charge in [0.05, 0.1) is 24.4 Å². The monoisotopic (exact) mass is 317 g/mol. The van der Waals surface area contributed by atoms with Gasteiger partial charge in [-0.2, -0.15) is 5.10 Å². The van der Waals surface area contributed by atoms with E-state index < -0.39 is 11.8 Å². The third kappa shape index (κ3) is 4.32. The van der Waals surface area contributed by atoms with Gasteiger partial charge in [-0.15, -0.1) is 0 Å². The van der Waals surface area contributed by atoms with Crippen LogP contribution in [0.3, 0.4) is 0 Å². The molecular weight excluding hydrogens is 294 g/mol. The highest BCUT2D eigenvalue weighted by atomic mass is 16.5. The molecule has 2 rings (SSSR count). The minimum atomic E-state index is -0.501. The quantitative estimate of drug-likeness (QED) is 0.396. The van der Waals surface area contributed by atoms with Crippen LogP contribution in [0.15, 0.2) is 30.5 Å². The number of unbranched alkanes of at least 4 members (excludes halogenated alkanes) is 2. The second-order valence-electron chi connectivity index (χ2n) is 5.48. The number of carbonyl (C=O) groups excluding carboxylic acids is 1. The molecule has 6 nitrogen and oxygen atoms in total. The molecule has 124 valence electrons. The molecule has 23 heavy (non-hydrogen) atoms. The number of aromatic nitrogens is 2. The third-order valence-corrected chi connectivity index (χ3v) is 3.80. The van der Waals surface area contributed by atoms with Crippen LogP contribution in [0.4, 0.5) is 0 Å². The van der Waals surface area contributed by atoms with Crippen LogP contribution in [0.2, 0.25) is 0 Å². The first-order valence-electron chi connectivity index (χ1n) is 7.87. The van der Waals surface area contributed by atoms with E-state index in [0.29, 0.717) is 0 Å². The second-order valence-corrected chi connectivity index (χ2v) is 5.48. The van der Waals surface area contributed by atoms with E-state index in [0.717, 1.165) is 35.6 Å². The molecule has 3 N–H and O–H groups in total. The Kier molecular flexibility index (Phi) is 6.17. The third-order valence-electron chi connectivity index (χ3n) is 3.80. The summed E-state index contributed by atoms with van der Waals surface area (Å²) in [5.41, 5.74) is 4.08. The van der Waals surface area contributed by atoms with Crippen LogP contribution in [-0.2, 0) is 4.79 Å². The summed E-state index contributed by atoms with van der Waals surface area (Å²) in [6.07, 6.45) is 4.99. The topological polar surface area (TPSA) is 87.2 Å². The molecule has 0 saturated carbocycles. The number of H-pyrrole nitrogens is 1. The number of carbonyl (C=O) groups is 1. The molecule has 0 aliphatic heterocycles. The van der Waals surface area contributed by atoms with Crippen LogP contribution in [0.25, 0.3) is 11.3 Å². The average Bonchev–Trinajstić information content (AvgIpc) is 3.07. The fourth-order valence-electron chi connectivity index (χ4n) is 2.35. The molecule has 1 aromatic carbocycles. The van der Waals surface area contributed by atoms with E-state index in [1.807, 2.05) is 24.3 Å². The van der Waals surface area contributed by atoms with E-state index in [-0.39, 0.29) is 0 Å². The van der Waals surface area contributed by atoms with Gasteiger partial charge in [-0.25, -0.2) is 5.48 Å². The zero-order valence-electron chi connectivity index (χ0n) is 13.5. The molecule has 0 radical (unpaired) electrons. The van der Waals surface area contributed by atoms with Crippen molar-refractivity contribution in [1.82, 2.24) is 15.7 Å². The summed E-state index contributed by atoms with van der Waals surface area (Å²) in [6.45, 7) is 4.59. The van der Waals surface area contributed by atoms with E-state index in [4.69, 9.17) is 9.94 Å². The molecule has 2 aromatic rings. The van der Waals surface area contributed by atoms with Crippen molar-refractivity contribution in [2.24, 2.45) is 0 Å². The van der Waals surface area contributed by atoms with Gasteiger partial charge < -0.3 is 4.74 Å². The molecule has 6 heteroatoms. The summed E-state index contributed by atoms with van der Waals surface area (Å²) >= 11 is 0. The van der Waals surface area contributed by atoms with E-state index in [1.54, 1.807) is 18.6 Å². The first kappa shape index (κ1) is 17.0. The van der Waals surface area contributed by atoms with Crippen LogP contribution >= 0.6 is 0 Å². The Hall–Kier alpha value is -2.34. The van der Waals surface area contributed by atoms with Gasteiger partial charge in [0.15, 0.2) is 0 Å². The SMILES string of the molecule is CCCCCOc1ccc(-c2[nH]ncc2C(C)C(=O)NO)cc1. The average molecular weight is 317 g/mol. The smallest absolute Gasteiger partial charge is 0.250 e. The number of amides is 1. The Bertz CT molecular complexity index is 622. The molecule has 1 amide bonds. The van der Waals surface area contributed by atoms with Crippen LogP contribution in [-0.4, -0.2) is 27.9 Å². The van der Waals surface area contributed by atoms with Gasteiger partial charge in [0.1, 0.15) is 5.75 Å². The summed E-state index contributed by atoms with van der Waals surface area (Å²) in [7, 11) is 0. The zero-order valence-corrected chi connectivity index (χ0v) is 13.5. The van der Waals surface area contributed by atoms with Crippen molar-refractivity contribution < 1.29 is 14.7 Å². The van der Waals surface area contributed by atoms with Gasteiger partial charge in [0.2, 0.25) is 0 Å². The maximum atomic E-state index is 11.6. The number of hydrogen-bond acceptors (Lipinski definition) is 4. The number of nitrogens with zero attached hydrogens (tertiary/aromatic N) is 1. The highest BCUT2D eigenvalue weighted by molar-refractivity contribution is 5.84. The molecule has 1 heterocycles. The molecule has 0 saturated heterocycles. The number of nitrogens with one attached hydrogen (secondary N) is 2. The van der Waals surface area contributed by atoms with Crippen LogP contribution in [0.1, 0.15) is 44.6 Å². The Balaban J connectivity index is 2.08. The molecule has 1 aromatic heterocycles. The largest absolute Gasteiger partial charge is 0.494 e. The number of aromatic amines is 1. The second kappa shape index (κ2) is 8.33. The molecule has 0 bridgehead atoms. The number of hydroxylamine groups is 1. The lowest BCUT2D eigenvalue weighted by Gasteiger charge is -2.10. The predicted octanol–water partition coefficient (Wildman–Crippen LogP) is 3.25. The number of hydrogen-bond donors (Lipinski definition) is 3. The summed E-state index contributed by atoms with van der Waals surface area (Å²) in [5.74, 6) is -0.144. The van der Waals surface area contributed by atoms with Gasteiger partial charge in [0, 0.05) is 11.1 Å². The zero-order chi connectivity index (χ0) is 16.7. The Morgan fingerprint density at radius 3 is 2.74 bits per heavy atom. The molecule has 1 unspecified atom stereocenters. The normalized spacial score (nSPS) is 12.0. The highest BCUT2D eigenvalue weighted by Crippen LogP contribution is 2.28. The number of benzene rings is 1. The van der Waals surface area contributed by atoms with Crippen molar-refractivity contribution >= 4 is 5.91 Å². The number of rotatable bonds is 8. The van der Waals surface area contributed by atoms with Crippen molar-refractivity contribution in [2.75, 3.05) is 6.61 Å². The predicted molar refractivity (Wildman–Crippen MR) is 87.4 cm³/mol. The van der Waals surface area contributed by atoms with Crippen molar-refractivity contribution in [1.29, 1.82) is 0 Å². The number of ether oxygens (including phenoxy) is 1. The van der Waals surface area contributed by atoms with Crippen molar-refractivity contribution in [3.63, 3.8) is 0 Å². The van der Waals surface area contributed by atoms with E-state index in [2.05, 4.69) is 17.1 Å². The van der Waals surface area contributed by atoms with Gasteiger partial charge in [-0.05, 0) is 37.6 Å². The molecule has 0 aliphatic carbocycles. The van der Waals surface area contributed by atoms with Gasteiger partial charge in [0.25, 0.3) is 5.91 Å². The standard InChI is InChI=1S/C17H23N3O3/c1-3-4-5-10-23-14-8-6-13(7-9-14)16-15(11-18-19-16)12(2)17(21)20-22/h6-9,11-12,22H,3-5,10H2,1-2H3,(H,18,19)(H,20,21). The first-order chi connectivity index (χ1) is 11.2. The Morgan fingerprint density at radius 2 is 2.09 bits per heavy atom. The lowest BCUT2D eigenvalue weighted by molar-refractivity contribution is -0.130. The van der Waals surface area contributed by atoms with E-state index in [9.17, 15) is 4.79 Å². The van der Waals surface area contributed by atoms with Crippen molar-refractivity contribution in [3.05, 3.63) is 36.0 Å². The lowest BCUT2D eigenvalue weighted by Crippen LogP contribution is -2.24. The lowest BCUT2D eigenvalue weighted by atomic mass is 9.97. The fraction of sp³-hybridized carbons (Fsp3) is 0.412. The first-order valence-corrected chi connectivity index (χ1v) is 7.87. The molecule has 0 aliphatic rings. The van der Waals surface area contributed by atoms with Gasteiger partial charge >= 0.3 is 0 Å². The summed E-state index contributed by atoms with van der Waals surface area (Å²) in [5, 5.41) is 15.7. The van der Waals surface area contributed by atoms with Crippen LogP contribution in [0.5, 0.6) is 5.75 Å². The maximum Gasteiger partial charge on any atom is 0.250 e. The summed E-state index contributed by atoms with van der Waals surface area (Å²) < 4.78 is 5.69. The van der Waals surface area contributed by atoms with Gasteiger partial charge in [-0.1, -0.05) is 19.8 Å². The van der Waals surface area contributed by atoms with Crippen molar-refractivity contribution in [3.8, 4) is 17.0 Å². The van der Waals surface area contributed by atoms with Crippen LogP contribution < -0.4 is 10.2 Å². The Morgan fingerprint density at radius 1 is 1.35 bits per heavy atom. The molecule has 0 spiro atoms. The Labute approximate surface area is 135 Å². The molecule has 1 atom stereocenters. The summed E-state index contributed by atoms with van der Waals surface area (Å²) in [4.78, 5) is 11.6. The van der Waals surface area contributed by atoms with E-state index >= 15 is 0 Å². The van der Waals surface area contributed by atoms with E-state index in [1.165, 1.54) is 12.8 Å². The molecular formula is C17H23N3O3. The van der Waals surface area contributed by atoms with Crippen molar-refractivity contribution in [2.45, 2.75) is 39.0 Å². The minimum absolute atomic E-state index is 0.469.